The van der Waals surface area contributed by atoms with Crippen LogP contribution in [0.3, 0.4) is 0 Å². The topological polar surface area (TPSA) is 64.9 Å². The highest BCUT2D eigenvalue weighted by Crippen LogP contribution is 2.25. The molecule has 0 aliphatic carbocycles. The molecule has 0 spiro atoms. The fourth-order valence-corrected chi connectivity index (χ4v) is 3.39. The number of hydrogen-bond acceptors (Lipinski definition) is 5. The zero-order valence-corrected chi connectivity index (χ0v) is 16.0. The summed E-state index contributed by atoms with van der Waals surface area (Å²) < 4.78 is 12.5. The molecule has 0 aliphatic rings. The van der Waals surface area contributed by atoms with E-state index in [1.165, 1.54) is 11.3 Å². The number of hydrogen-bond donors (Lipinski definition) is 1. The standard InChI is InChI=1S/C19H23N3O3S/c1-13(2)25-10-4-9-20-18(23)17-12-26-19-21-16(11-22(17)19)14-5-7-15(24-3)8-6-14/h5-8,11-13H,4,9-10H2,1-3H3,(H,20,23). The van der Waals surface area contributed by atoms with Crippen molar-refractivity contribution in [3.63, 3.8) is 0 Å². The maximum Gasteiger partial charge on any atom is 0.269 e. The van der Waals surface area contributed by atoms with Gasteiger partial charge in [-0.2, -0.15) is 0 Å². The number of benzene rings is 1. The number of carbonyl (C=O) groups excluding carboxylic acids is 1. The molecule has 138 valence electrons. The van der Waals surface area contributed by atoms with Crippen LogP contribution in [0.25, 0.3) is 16.2 Å². The van der Waals surface area contributed by atoms with Gasteiger partial charge < -0.3 is 14.8 Å². The summed E-state index contributed by atoms with van der Waals surface area (Å²) in [5.41, 5.74) is 2.42. The number of fused-ring (bicyclic) bond motifs is 1. The largest absolute Gasteiger partial charge is 0.497 e. The van der Waals surface area contributed by atoms with Gasteiger partial charge in [0.25, 0.3) is 5.91 Å². The van der Waals surface area contributed by atoms with Crippen molar-refractivity contribution in [3.8, 4) is 17.0 Å². The normalized spacial score (nSPS) is 11.2. The van der Waals surface area contributed by atoms with Crippen molar-refractivity contribution >= 4 is 22.2 Å². The Kier molecular flexibility index (Phi) is 5.90. The van der Waals surface area contributed by atoms with Gasteiger partial charge in [0.1, 0.15) is 11.4 Å². The van der Waals surface area contributed by atoms with Crippen molar-refractivity contribution in [3.05, 3.63) is 41.5 Å². The number of aromatic nitrogens is 2. The molecule has 0 atom stereocenters. The summed E-state index contributed by atoms with van der Waals surface area (Å²) in [5, 5.41) is 4.77. The van der Waals surface area contributed by atoms with E-state index in [0.29, 0.717) is 18.8 Å². The molecular weight excluding hydrogens is 350 g/mol. The predicted octanol–water partition coefficient (Wildman–Crippen LogP) is 3.62. The second-order valence-corrected chi connectivity index (χ2v) is 6.99. The lowest BCUT2D eigenvalue weighted by molar-refractivity contribution is 0.0756. The minimum Gasteiger partial charge on any atom is -0.497 e. The van der Waals surface area contributed by atoms with Crippen molar-refractivity contribution in [1.82, 2.24) is 14.7 Å². The third kappa shape index (κ3) is 4.23. The molecule has 0 aliphatic heterocycles. The fraction of sp³-hybridized carbons (Fsp3) is 0.368. The Bertz CT molecular complexity index is 868. The Morgan fingerprint density at radius 3 is 2.77 bits per heavy atom. The molecule has 7 heteroatoms. The minimum atomic E-state index is -0.0977. The average molecular weight is 373 g/mol. The fourth-order valence-electron chi connectivity index (χ4n) is 2.53. The monoisotopic (exact) mass is 373 g/mol. The van der Waals surface area contributed by atoms with E-state index in [1.807, 2.05) is 54.1 Å². The van der Waals surface area contributed by atoms with Crippen LogP contribution in [0, 0.1) is 0 Å². The number of ether oxygens (including phenoxy) is 2. The number of imidazole rings is 1. The summed E-state index contributed by atoms with van der Waals surface area (Å²) in [5.74, 6) is 0.704. The molecule has 0 saturated carbocycles. The van der Waals surface area contributed by atoms with Gasteiger partial charge in [-0.1, -0.05) is 0 Å². The van der Waals surface area contributed by atoms with Crippen LogP contribution in [0.4, 0.5) is 0 Å². The summed E-state index contributed by atoms with van der Waals surface area (Å²) >= 11 is 1.45. The van der Waals surface area contributed by atoms with Gasteiger partial charge in [0, 0.05) is 30.3 Å². The van der Waals surface area contributed by atoms with Crippen LogP contribution in [-0.4, -0.2) is 41.7 Å². The van der Waals surface area contributed by atoms with Crippen LogP contribution in [0.5, 0.6) is 5.75 Å². The maximum absolute atomic E-state index is 12.4. The second kappa shape index (κ2) is 8.33. The second-order valence-electron chi connectivity index (χ2n) is 6.16. The van der Waals surface area contributed by atoms with E-state index in [2.05, 4.69) is 10.3 Å². The smallest absolute Gasteiger partial charge is 0.269 e. The van der Waals surface area contributed by atoms with Crippen molar-refractivity contribution < 1.29 is 14.3 Å². The first kappa shape index (κ1) is 18.4. The lowest BCUT2D eigenvalue weighted by Crippen LogP contribution is -2.26. The van der Waals surface area contributed by atoms with E-state index in [1.54, 1.807) is 7.11 Å². The van der Waals surface area contributed by atoms with E-state index in [0.717, 1.165) is 28.4 Å². The van der Waals surface area contributed by atoms with Gasteiger partial charge in [0.15, 0.2) is 4.96 Å². The van der Waals surface area contributed by atoms with Crippen LogP contribution in [0.1, 0.15) is 30.8 Å². The molecular formula is C19H23N3O3S. The molecule has 0 fully saturated rings. The molecule has 0 saturated heterocycles. The van der Waals surface area contributed by atoms with Gasteiger partial charge in [-0.05, 0) is 44.5 Å². The van der Waals surface area contributed by atoms with Crippen LogP contribution >= 0.6 is 11.3 Å². The highest BCUT2D eigenvalue weighted by Gasteiger charge is 2.15. The molecule has 0 unspecified atom stereocenters. The molecule has 1 N–H and O–H groups in total. The number of methoxy groups -OCH3 is 1. The van der Waals surface area contributed by atoms with Gasteiger partial charge in [0.2, 0.25) is 0 Å². The summed E-state index contributed by atoms with van der Waals surface area (Å²) in [4.78, 5) is 17.8. The lowest BCUT2D eigenvalue weighted by Gasteiger charge is -2.08. The summed E-state index contributed by atoms with van der Waals surface area (Å²) in [6.45, 7) is 5.23. The molecule has 3 rings (SSSR count). The van der Waals surface area contributed by atoms with Crippen LogP contribution in [0.2, 0.25) is 0 Å². The first-order valence-corrected chi connectivity index (χ1v) is 9.47. The number of nitrogens with one attached hydrogen (secondary N) is 1. The number of carbonyl (C=O) groups is 1. The molecule has 0 radical (unpaired) electrons. The van der Waals surface area contributed by atoms with E-state index >= 15 is 0 Å². The van der Waals surface area contributed by atoms with Crippen molar-refractivity contribution in [2.45, 2.75) is 26.4 Å². The van der Waals surface area contributed by atoms with Crippen molar-refractivity contribution in [2.24, 2.45) is 0 Å². The number of amides is 1. The van der Waals surface area contributed by atoms with E-state index < -0.39 is 0 Å². The molecule has 1 aromatic carbocycles. The van der Waals surface area contributed by atoms with Crippen LogP contribution in [0.15, 0.2) is 35.8 Å². The third-order valence-electron chi connectivity index (χ3n) is 3.89. The van der Waals surface area contributed by atoms with E-state index in [-0.39, 0.29) is 12.0 Å². The Morgan fingerprint density at radius 1 is 1.31 bits per heavy atom. The van der Waals surface area contributed by atoms with Crippen LogP contribution in [-0.2, 0) is 4.74 Å². The minimum absolute atomic E-state index is 0.0977. The summed E-state index contributed by atoms with van der Waals surface area (Å²) in [6, 6.07) is 7.71. The van der Waals surface area contributed by atoms with Crippen molar-refractivity contribution in [2.75, 3.05) is 20.3 Å². The summed E-state index contributed by atoms with van der Waals surface area (Å²) in [6.07, 6.45) is 2.90. The average Bonchev–Trinajstić information content (AvgIpc) is 3.21. The Labute approximate surface area is 156 Å². The number of nitrogens with zero attached hydrogens (tertiary/aromatic N) is 2. The zero-order chi connectivity index (χ0) is 18.5. The number of thiazole rings is 1. The molecule has 2 heterocycles. The molecule has 0 bridgehead atoms. The highest BCUT2D eigenvalue weighted by atomic mass is 32.1. The molecule has 1 amide bonds. The molecule has 6 nitrogen and oxygen atoms in total. The third-order valence-corrected chi connectivity index (χ3v) is 4.73. The predicted molar refractivity (Wildman–Crippen MR) is 103 cm³/mol. The quantitative estimate of drug-likeness (QED) is 0.613. The Hall–Kier alpha value is -2.38. The SMILES string of the molecule is COc1ccc(-c2cn3c(C(=O)NCCCOC(C)C)csc3n2)cc1. The van der Waals surface area contributed by atoms with Gasteiger partial charge in [-0.3, -0.25) is 9.20 Å². The molecule has 2 aromatic heterocycles. The van der Waals surface area contributed by atoms with Crippen LogP contribution < -0.4 is 10.1 Å². The van der Waals surface area contributed by atoms with Gasteiger partial charge in [-0.15, -0.1) is 11.3 Å². The van der Waals surface area contributed by atoms with Gasteiger partial charge in [0.05, 0.1) is 18.9 Å². The highest BCUT2D eigenvalue weighted by molar-refractivity contribution is 7.15. The zero-order valence-electron chi connectivity index (χ0n) is 15.2. The first-order chi connectivity index (χ1) is 12.6. The van der Waals surface area contributed by atoms with E-state index in [4.69, 9.17) is 9.47 Å². The number of rotatable bonds is 8. The van der Waals surface area contributed by atoms with Crippen molar-refractivity contribution in [1.29, 1.82) is 0 Å². The first-order valence-electron chi connectivity index (χ1n) is 8.59. The maximum atomic E-state index is 12.4. The Balaban J connectivity index is 1.68. The summed E-state index contributed by atoms with van der Waals surface area (Å²) in [7, 11) is 1.64. The van der Waals surface area contributed by atoms with E-state index in [9.17, 15) is 4.79 Å². The van der Waals surface area contributed by atoms with Gasteiger partial charge >= 0.3 is 0 Å². The molecule has 26 heavy (non-hydrogen) atoms. The molecule has 3 aromatic rings. The Morgan fingerprint density at radius 2 is 2.08 bits per heavy atom. The van der Waals surface area contributed by atoms with Gasteiger partial charge in [-0.25, -0.2) is 4.98 Å². The lowest BCUT2D eigenvalue weighted by atomic mass is 10.2.